The molecular weight excluding hydrogens is 467 g/mol. The number of hydrogen-bond acceptors (Lipinski definition) is 5. The van der Waals surface area contributed by atoms with Gasteiger partial charge in [0.15, 0.2) is 5.82 Å². The van der Waals surface area contributed by atoms with Crippen molar-refractivity contribution in [3.63, 3.8) is 0 Å². The predicted molar refractivity (Wildman–Crippen MR) is 133 cm³/mol. The summed E-state index contributed by atoms with van der Waals surface area (Å²) >= 11 is 0. The molecule has 1 aromatic carbocycles. The summed E-state index contributed by atoms with van der Waals surface area (Å²) in [5.41, 5.74) is 1.03. The van der Waals surface area contributed by atoms with Crippen molar-refractivity contribution in [2.75, 3.05) is 38.2 Å². The van der Waals surface area contributed by atoms with E-state index >= 15 is 0 Å². The first-order valence-corrected chi connectivity index (χ1v) is 12.9. The fourth-order valence-electron chi connectivity index (χ4n) is 6.43. The molecule has 3 aliphatic rings. The highest BCUT2D eigenvalue weighted by Crippen LogP contribution is 2.42. The van der Waals surface area contributed by atoms with Gasteiger partial charge in [-0.3, -0.25) is 0 Å². The van der Waals surface area contributed by atoms with Crippen LogP contribution in [0.2, 0.25) is 0 Å². The normalized spacial score (nSPS) is 24.0. The third-order valence-corrected chi connectivity index (χ3v) is 8.31. The van der Waals surface area contributed by atoms with Gasteiger partial charge in [0.05, 0.1) is 5.69 Å². The molecule has 36 heavy (non-hydrogen) atoms. The van der Waals surface area contributed by atoms with Gasteiger partial charge in [-0.25, -0.2) is 0 Å². The van der Waals surface area contributed by atoms with E-state index in [0.717, 1.165) is 75.5 Å². The number of ether oxygens (including phenoxy) is 1. The smallest absolute Gasteiger partial charge is 0.381 e. The second-order valence-corrected chi connectivity index (χ2v) is 10.8. The summed E-state index contributed by atoms with van der Waals surface area (Å²) in [4.78, 5) is 2.56. The van der Waals surface area contributed by atoms with Crippen molar-refractivity contribution >= 4 is 16.7 Å². The average Bonchev–Trinajstić information content (AvgIpc) is 3.52. The molecular formula is C27H32F3N5O. The number of alkyl halides is 3. The maximum absolute atomic E-state index is 14.1. The standard InChI is InChI=1S/C27H32F3N5O/c1-34-7-4-18-2-3-19(12-25(18)34)24-13-23(27(28,29)30)26(33-32-24)31-22-10-20-15-35(16-21(20)11-22)14-17-5-8-36-9-6-17/h2-4,7,12-13,17,20-22H,5-6,8-11,14-16H2,1H3,(H,31,33)/t20-,21-/m1/s1. The van der Waals surface area contributed by atoms with Gasteiger partial charge < -0.3 is 19.5 Å². The Morgan fingerprint density at radius 2 is 1.78 bits per heavy atom. The van der Waals surface area contributed by atoms with Crippen molar-refractivity contribution in [3.05, 3.63) is 42.1 Å². The van der Waals surface area contributed by atoms with E-state index < -0.39 is 11.7 Å². The van der Waals surface area contributed by atoms with E-state index in [1.807, 2.05) is 36.0 Å². The van der Waals surface area contributed by atoms with Crippen LogP contribution in [0.3, 0.4) is 0 Å². The van der Waals surface area contributed by atoms with Gasteiger partial charge in [0, 0.05) is 63.2 Å². The molecule has 2 aromatic heterocycles. The molecule has 6 nitrogen and oxygen atoms in total. The van der Waals surface area contributed by atoms with E-state index in [1.54, 1.807) is 6.07 Å². The Labute approximate surface area is 208 Å². The van der Waals surface area contributed by atoms with Crippen LogP contribution in [0, 0.1) is 17.8 Å². The highest BCUT2D eigenvalue weighted by Gasteiger charge is 2.43. The molecule has 0 unspecified atom stereocenters. The quantitative estimate of drug-likeness (QED) is 0.523. The minimum Gasteiger partial charge on any atom is -0.381 e. The maximum atomic E-state index is 14.1. The summed E-state index contributed by atoms with van der Waals surface area (Å²) in [5.74, 6) is 1.61. The number of hydrogen-bond donors (Lipinski definition) is 1. The number of fused-ring (bicyclic) bond motifs is 2. The van der Waals surface area contributed by atoms with E-state index in [1.165, 1.54) is 0 Å². The molecule has 3 fully saturated rings. The monoisotopic (exact) mass is 499 g/mol. The van der Waals surface area contributed by atoms with Gasteiger partial charge in [0.2, 0.25) is 0 Å². The van der Waals surface area contributed by atoms with E-state index in [9.17, 15) is 13.2 Å². The molecule has 0 amide bonds. The summed E-state index contributed by atoms with van der Waals surface area (Å²) in [6.07, 6.45) is 1.42. The zero-order valence-electron chi connectivity index (χ0n) is 20.5. The lowest BCUT2D eigenvalue weighted by Crippen LogP contribution is -2.32. The number of aryl methyl sites for hydroxylation is 1. The molecule has 1 N–H and O–H groups in total. The minimum atomic E-state index is -4.52. The van der Waals surface area contributed by atoms with Crippen LogP contribution in [0.25, 0.3) is 22.2 Å². The number of aromatic nitrogens is 3. The van der Waals surface area contributed by atoms with Crippen LogP contribution >= 0.6 is 0 Å². The predicted octanol–water partition coefficient (Wildman–Crippen LogP) is 5.20. The van der Waals surface area contributed by atoms with Gasteiger partial charge in [0.1, 0.15) is 5.56 Å². The van der Waals surface area contributed by atoms with Crippen LogP contribution in [0.4, 0.5) is 19.0 Å². The highest BCUT2D eigenvalue weighted by atomic mass is 19.4. The molecule has 1 saturated carbocycles. The molecule has 6 rings (SSSR count). The number of benzene rings is 1. The van der Waals surface area contributed by atoms with Gasteiger partial charge >= 0.3 is 6.18 Å². The molecule has 3 aromatic rings. The van der Waals surface area contributed by atoms with E-state index in [2.05, 4.69) is 20.4 Å². The molecule has 0 bridgehead atoms. The first-order valence-electron chi connectivity index (χ1n) is 12.9. The van der Waals surface area contributed by atoms with Crippen molar-refractivity contribution in [1.29, 1.82) is 0 Å². The molecule has 2 atom stereocenters. The van der Waals surface area contributed by atoms with Crippen LogP contribution in [-0.2, 0) is 18.0 Å². The van der Waals surface area contributed by atoms with Crippen LogP contribution in [0.1, 0.15) is 31.2 Å². The van der Waals surface area contributed by atoms with Crippen molar-refractivity contribution in [1.82, 2.24) is 19.7 Å². The molecule has 0 radical (unpaired) electrons. The Hall–Kier alpha value is -2.65. The third-order valence-electron chi connectivity index (χ3n) is 8.31. The Morgan fingerprint density at radius 1 is 1.03 bits per heavy atom. The van der Waals surface area contributed by atoms with Gasteiger partial charge in [-0.15, -0.1) is 10.2 Å². The molecule has 1 aliphatic carbocycles. The summed E-state index contributed by atoms with van der Waals surface area (Å²) in [5, 5.41) is 12.4. The van der Waals surface area contributed by atoms with E-state index in [-0.39, 0.29) is 17.6 Å². The Bertz CT molecular complexity index is 1220. The lowest BCUT2D eigenvalue weighted by atomic mass is 10.00. The summed E-state index contributed by atoms with van der Waals surface area (Å²) in [6.45, 7) is 4.92. The number of halogens is 3. The molecule has 192 valence electrons. The lowest BCUT2D eigenvalue weighted by molar-refractivity contribution is -0.137. The highest BCUT2D eigenvalue weighted by molar-refractivity contribution is 5.85. The van der Waals surface area contributed by atoms with E-state index in [0.29, 0.717) is 23.3 Å². The van der Waals surface area contributed by atoms with Gasteiger partial charge in [-0.2, -0.15) is 13.2 Å². The first kappa shape index (κ1) is 23.7. The Morgan fingerprint density at radius 3 is 2.50 bits per heavy atom. The maximum Gasteiger partial charge on any atom is 0.420 e. The Kier molecular flexibility index (Phi) is 6.16. The average molecular weight is 500 g/mol. The number of rotatable bonds is 5. The fourth-order valence-corrected chi connectivity index (χ4v) is 6.43. The second-order valence-electron chi connectivity index (χ2n) is 10.8. The van der Waals surface area contributed by atoms with Crippen LogP contribution < -0.4 is 5.32 Å². The van der Waals surface area contributed by atoms with Crippen LogP contribution in [0.15, 0.2) is 36.5 Å². The molecule has 0 spiro atoms. The van der Waals surface area contributed by atoms with Gasteiger partial charge in [0.25, 0.3) is 0 Å². The topological polar surface area (TPSA) is 55.2 Å². The number of nitrogens with one attached hydrogen (secondary N) is 1. The second kappa shape index (κ2) is 9.34. The van der Waals surface area contributed by atoms with Crippen LogP contribution in [-0.4, -0.2) is 58.6 Å². The lowest BCUT2D eigenvalue weighted by Gasteiger charge is -2.28. The van der Waals surface area contributed by atoms with E-state index in [4.69, 9.17) is 4.74 Å². The van der Waals surface area contributed by atoms with Crippen molar-refractivity contribution in [2.24, 2.45) is 24.8 Å². The minimum absolute atomic E-state index is 0.00815. The largest absolute Gasteiger partial charge is 0.420 e. The SMILES string of the molecule is Cn1ccc2ccc(-c3cc(C(F)(F)F)c(NC4C[C@@H]5CN(CC6CCOCC6)C[C@H]5C4)nn3)cc21. The third kappa shape index (κ3) is 4.70. The summed E-state index contributed by atoms with van der Waals surface area (Å²) < 4.78 is 49.6. The Balaban J connectivity index is 1.15. The molecule has 2 aliphatic heterocycles. The molecule has 9 heteroatoms. The molecule has 4 heterocycles. The van der Waals surface area contributed by atoms with Crippen molar-refractivity contribution < 1.29 is 17.9 Å². The summed E-state index contributed by atoms with van der Waals surface area (Å²) in [6, 6.07) is 8.64. The van der Waals surface area contributed by atoms with Crippen molar-refractivity contribution in [2.45, 2.75) is 37.9 Å². The summed E-state index contributed by atoms with van der Waals surface area (Å²) in [7, 11) is 1.91. The zero-order chi connectivity index (χ0) is 24.9. The van der Waals surface area contributed by atoms with Crippen molar-refractivity contribution in [3.8, 4) is 11.3 Å². The van der Waals surface area contributed by atoms with Crippen LogP contribution in [0.5, 0.6) is 0 Å². The zero-order valence-corrected chi connectivity index (χ0v) is 20.5. The fraction of sp³-hybridized carbons (Fsp3) is 0.556. The number of likely N-dealkylation sites (tertiary alicyclic amines) is 1. The first-order chi connectivity index (χ1) is 17.3. The van der Waals surface area contributed by atoms with Gasteiger partial charge in [-0.05, 0) is 67.0 Å². The van der Waals surface area contributed by atoms with Gasteiger partial charge in [-0.1, -0.05) is 12.1 Å². The molecule has 2 saturated heterocycles. The number of nitrogens with zero attached hydrogens (tertiary/aromatic N) is 4. The number of anilines is 1.